The number of rotatable bonds is 3. The van der Waals surface area contributed by atoms with E-state index in [2.05, 4.69) is 10.6 Å². The summed E-state index contributed by atoms with van der Waals surface area (Å²) in [5.41, 5.74) is 1.68. The van der Waals surface area contributed by atoms with Crippen LogP contribution in [0, 0.1) is 18.3 Å². The van der Waals surface area contributed by atoms with E-state index >= 15 is 0 Å². The number of carboxylic acids is 1. The highest BCUT2D eigenvalue weighted by Gasteiger charge is 2.14. The lowest BCUT2D eigenvalue weighted by molar-refractivity contribution is -0.138. The summed E-state index contributed by atoms with van der Waals surface area (Å²) in [6.45, 7) is 3.14. The van der Waals surface area contributed by atoms with Gasteiger partial charge in [0.15, 0.2) is 0 Å². The van der Waals surface area contributed by atoms with Crippen LogP contribution in [0.5, 0.6) is 0 Å². The Morgan fingerprint density at radius 2 is 2.11 bits per heavy atom. The zero-order valence-electron chi connectivity index (χ0n) is 10.0. The Labute approximate surface area is 104 Å². The van der Waals surface area contributed by atoms with Crippen LogP contribution in [0.4, 0.5) is 10.5 Å². The molecule has 0 heterocycles. The van der Waals surface area contributed by atoms with Gasteiger partial charge in [0.25, 0.3) is 0 Å². The number of nitriles is 1. The van der Waals surface area contributed by atoms with Crippen molar-refractivity contribution in [1.82, 2.24) is 5.32 Å². The largest absolute Gasteiger partial charge is 0.480 e. The Kier molecular flexibility index (Phi) is 4.27. The van der Waals surface area contributed by atoms with Crippen molar-refractivity contribution in [3.63, 3.8) is 0 Å². The molecule has 0 aromatic heterocycles. The van der Waals surface area contributed by atoms with Crippen LogP contribution in [0.2, 0.25) is 0 Å². The number of amides is 2. The highest BCUT2D eigenvalue weighted by Crippen LogP contribution is 2.16. The van der Waals surface area contributed by atoms with Crippen LogP contribution >= 0.6 is 0 Å². The van der Waals surface area contributed by atoms with Crippen LogP contribution < -0.4 is 10.6 Å². The summed E-state index contributed by atoms with van der Waals surface area (Å²) in [4.78, 5) is 22.1. The van der Waals surface area contributed by atoms with E-state index in [1.54, 1.807) is 19.1 Å². The third kappa shape index (κ3) is 3.49. The molecule has 0 saturated carbocycles. The number of carboxylic acid groups (broad SMARTS) is 1. The fourth-order valence-electron chi connectivity index (χ4n) is 1.24. The van der Waals surface area contributed by atoms with Gasteiger partial charge in [0.2, 0.25) is 0 Å². The van der Waals surface area contributed by atoms with Gasteiger partial charge >= 0.3 is 12.0 Å². The summed E-state index contributed by atoms with van der Waals surface area (Å²) in [7, 11) is 0. The number of hydrogen-bond donors (Lipinski definition) is 3. The van der Waals surface area contributed by atoms with Crippen LogP contribution in [0.25, 0.3) is 0 Å². The SMILES string of the molecule is Cc1ccc(C#N)cc1NC(=O)N[C@@H](C)C(=O)O. The Balaban J connectivity index is 2.76. The summed E-state index contributed by atoms with van der Waals surface area (Å²) >= 11 is 0. The third-order valence-electron chi connectivity index (χ3n) is 2.33. The van der Waals surface area contributed by atoms with Gasteiger partial charge < -0.3 is 15.7 Å². The number of nitrogens with zero attached hydrogens (tertiary/aromatic N) is 1. The highest BCUT2D eigenvalue weighted by molar-refractivity contribution is 5.92. The molecule has 3 N–H and O–H groups in total. The van der Waals surface area contributed by atoms with Gasteiger partial charge in [-0.15, -0.1) is 0 Å². The van der Waals surface area contributed by atoms with Crippen molar-refractivity contribution in [3.05, 3.63) is 29.3 Å². The molecule has 0 aliphatic rings. The van der Waals surface area contributed by atoms with Gasteiger partial charge in [0, 0.05) is 5.69 Å². The predicted octanol–water partition coefficient (Wildman–Crippen LogP) is 1.46. The topological polar surface area (TPSA) is 102 Å². The molecule has 0 unspecified atom stereocenters. The van der Waals surface area contributed by atoms with Crippen molar-refractivity contribution in [3.8, 4) is 6.07 Å². The molecule has 0 spiro atoms. The standard InChI is InChI=1S/C12H13N3O3/c1-7-3-4-9(6-13)5-10(7)15-12(18)14-8(2)11(16)17/h3-5,8H,1-2H3,(H,16,17)(H2,14,15,18)/t8-/m0/s1. The molecule has 94 valence electrons. The van der Waals surface area contributed by atoms with Crippen molar-refractivity contribution in [2.75, 3.05) is 5.32 Å². The Hall–Kier alpha value is -2.55. The molecule has 0 saturated heterocycles. The Morgan fingerprint density at radius 1 is 1.44 bits per heavy atom. The molecule has 0 bridgehead atoms. The van der Waals surface area contributed by atoms with Crippen molar-refractivity contribution in [2.24, 2.45) is 0 Å². The quantitative estimate of drug-likeness (QED) is 0.752. The molecule has 0 aliphatic carbocycles. The average molecular weight is 247 g/mol. The lowest BCUT2D eigenvalue weighted by atomic mass is 10.1. The number of urea groups is 1. The van der Waals surface area contributed by atoms with E-state index in [0.29, 0.717) is 11.3 Å². The van der Waals surface area contributed by atoms with Gasteiger partial charge in [-0.25, -0.2) is 4.79 Å². The van der Waals surface area contributed by atoms with Crippen molar-refractivity contribution in [1.29, 1.82) is 5.26 Å². The Bertz CT molecular complexity index is 520. The number of benzene rings is 1. The fraction of sp³-hybridized carbons (Fsp3) is 0.250. The number of hydrogen-bond acceptors (Lipinski definition) is 3. The number of carbonyl (C=O) groups is 2. The number of nitrogens with one attached hydrogen (secondary N) is 2. The monoisotopic (exact) mass is 247 g/mol. The van der Waals surface area contributed by atoms with Crippen LogP contribution in [-0.4, -0.2) is 23.1 Å². The summed E-state index contributed by atoms with van der Waals surface area (Å²) < 4.78 is 0. The van der Waals surface area contributed by atoms with Crippen LogP contribution in [0.3, 0.4) is 0 Å². The predicted molar refractivity (Wildman–Crippen MR) is 65.1 cm³/mol. The summed E-state index contributed by atoms with van der Waals surface area (Å²) in [5.74, 6) is -1.12. The minimum atomic E-state index is -1.12. The number of carbonyl (C=O) groups excluding carboxylic acids is 1. The van der Waals surface area contributed by atoms with Crippen LogP contribution in [0.15, 0.2) is 18.2 Å². The van der Waals surface area contributed by atoms with E-state index in [4.69, 9.17) is 10.4 Å². The molecule has 6 heteroatoms. The molecule has 2 amide bonds. The van der Waals surface area contributed by atoms with Crippen LogP contribution in [0.1, 0.15) is 18.1 Å². The number of aryl methyl sites for hydroxylation is 1. The van der Waals surface area contributed by atoms with Crippen molar-refractivity contribution < 1.29 is 14.7 Å². The second-order valence-corrected chi connectivity index (χ2v) is 3.80. The third-order valence-corrected chi connectivity index (χ3v) is 2.33. The maximum Gasteiger partial charge on any atom is 0.325 e. The summed E-state index contributed by atoms with van der Waals surface area (Å²) in [6, 6.07) is 5.23. The number of anilines is 1. The summed E-state index contributed by atoms with van der Waals surface area (Å²) in [5, 5.41) is 22.2. The van der Waals surface area contributed by atoms with E-state index < -0.39 is 18.0 Å². The van der Waals surface area contributed by atoms with Gasteiger partial charge in [-0.3, -0.25) is 4.79 Å². The smallest absolute Gasteiger partial charge is 0.325 e. The maximum atomic E-state index is 11.5. The first kappa shape index (κ1) is 13.5. The second kappa shape index (κ2) is 5.68. The van der Waals surface area contributed by atoms with Gasteiger partial charge in [0.1, 0.15) is 6.04 Å². The molecule has 0 aliphatic heterocycles. The van der Waals surface area contributed by atoms with Gasteiger partial charge in [-0.1, -0.05) is 6.07 Å². The zero-order valence-corrected chi connectivity index (χ0v) is 10.0. The van der Waals surface area contributed by atoms with Gasteiger partial charge in [-0.2, -0.15) is 5.26 Å². The highest BCUT2D eigenvalue weighted by atomic mass is 16.4. The first-order valence-corrected chi connectivity index (χ1v) is 5.25. The summed E-state index contributed by atoms with van der Waals surface area (Å²) in [6.07, 6.45) is 0. The fourth-order valence-corrected chi connectivity index (χ4v) is 1.24. The van der Waals surface area contributed by atoms with E-state index in [9.17, 15) is 9.59 Å². The lowest BCUT2D eigenvalue weighted by Crippen LogP contribution is -2.40. The molecule has 0 radical (unpaired) electrons. The van der Waals surface area contributed by atoms with Crippen molar-refractivity contribution in [2.45, 2.75) is 19.9 Å². The average Bonchev–Trinajstić information content (AvgIpc) is 2.31. The maximum absolute atomic E-state index is 11.5. The number of aliphatic carboxylic acids is 1. The minimum absolute atomic E-state index is 0.419. The minimum Gasteiger partial charge on any atom is -0.480 e. The molecule has 6 nitrogen and oxygen atoms in total. The first-order valence-electron chi connectivity index (χ1n) is 5.25. The molecule has 1 atom stereocenters. The molecule has 18 heavy (non-hydrogen) atoms. The van der Waals surface area contributed by atoms with Gasteiger partial charge in [-0.05, 0) is 31.5 Å². The van der Waals surface area contributed by atoms with E-state index in [1.165, 1.54) is 13.0 Å². The lowest BCUT2D eigenvalue weighted by Gasteiger charge is -2.12. The molecule has 1 rings (SSSR count). The second-order valence-electron chi connectivity index (χ2n) is 3.80. The molecule has 1 aromatic rings. The molecular weight excluding hydrogens is 234 g/mol. The Morgan fingerprint density at radius 3 is 2.67 bits per heavy atom. The van der Waals surface area contributed by atoms with Crippen LogP contribution in [-0.2, 0) is 4.79 Å². The first-order chi connectivity index (χ1) is 8.43. The molecule has 1 aromatic carbocycles. The van der Waals surface area contributed by atoms with Gasteiger partial charge in [0.05, 0.1) is 11.6 Å². The van der Waals surface area contributed by atoms with E-state index in [0.717, 1.165) is 5.56 Å². The molecular formula is C12H13N3O3. The zero-order chi connectivity index (χ0) is 13.7. The molecule has 0 fully saturated rings. The normalized spacial score (nSPS) is 11.2. The van der Waals surface area contributed by atoms with E-state index in [-0.39, 0.29) is 0 Å². The van der Waals surface area contributed by atoms with E-state index in [1.807, 2.05) is 6.07 Å². The van der Waals surface area contributed by atoms with Crippen molar-refractivity contribution >= 4 is 17.7 Å².